The molecule has 5 heteroatoms. The van der Waals surface area contributed by atoms with E-state index >= 15 is 0 Å². The van der Waals surface area contributed by atoms with Crippen molar-refractivity contribution >= 4 is 11.6 Å². The molecule has 5 nitrogen and oxygen atoms in total. The normalized spacial score (nSPS) is 10.9. The summed E-state index contributed by atoms with van der Waals surface area (Å²) in [7, 11) is 0. The van der Waals surface area contributed by atoms with Crippen LogP contribution in [0.4, 0.5) is 5.69 Å². The molecule has 0 aliphatic carbocycles. The largest absolute Gasteiger partial charge is 0.320 e. The van der Waals surface area contributed by atoms with Gasteiger partial charge in [0.05, 0.1) is 23.6 Å². The summed E-state index contributed by atoms with van der Waals surface area (Å²) in [6.07, 6.45) is 5.03. The molecule has 128 valence electrons. The van der Waals surface area contributed by atoms with Gasteiger partial charge in [-0.15, -0.1) is 0 Å². The second-order valence-corrected chi connectivity index (χ2v) is 6.46. The molecular weight excluding hydrogens is 312 g/mol. The molecule has 0 atom stereocenters. The Hall–Kier alpha value is -2.95. The highest BCUT2D eigenvalue weighted by Crippen LogP contribution is 2.27. The second-order valence-electron chi connectivity index (χ2n) is 6.46. The molecule has 0 fully saturated rings. The van der Waals surface area contributed by atoms with Crippen LogP contribution in [0.2, 0.25) is 0 Å². The third-order valence-electron chi connectivity index (χ3n) is 4.04. The minimum Gasteiger partial charge on any atom is -0.320 e. The first kappa shape index (κ1) is 16.9. The van der Waals surface area contributed by atoms with Crippen LogP contribution in [-0.4, -0.2) is 20.7 Å². The Balaban J connectivity index is 1.86. The summed E-state index contributed by atoms with van der Waals surface area (Å²) in [5, 5.41) is 7.32. The van der Waals surface area contributed by atoms with Crippen LogP contribution in [0.15, 0.2) is 55.0 Å². The summed E-state index contributed by atoms with van der Waals surface area (Å²) in [4.78, 5) is 16.9. The molecule has 0 spiro atoms. The lowest BCUT2D eigenvalue weighted by atomic mass is 10.1. The van der Waals surface area contributed by atoms with E-state index in [1.165, 1.54) is 0 Å². The molecule has 0 saturated carbocycles. The smallest absolute Gasteiger partial charge is 0.259 e. The van der Waals surface area contributed by atoms with Gasteiger partial charge >= 0.3 is 0 Å². The zero-order valence-electron chi connectivity index (χ0n) is 14.7. The highest BCUT2D eigenvalue weighted by atomic mass is 16.1. The van der Waals surface area contributed by atoms with Gasteiger partial charge in [-0.05, 0) is 24.5 Å². The molecule has 0 unspecified atom stereocenters. The minimum atomic E-state index is -0.169. The SMILES string of the molecule is Cc1c(C(=O)Nc2cnccc2-c2ccccc2)cnn1CC(C)C. The number of aromatic nitrogens is 3. The van der Waals surface area contributed by atoms with Crippen molar-refractivity contribution in [1.29, 1.82) is 0 Å². The van der Waals surface area contributed by atoms with Gasteiger partial charge in [0.2, 0.25) is 0 Å². The number of carbonyl (C=O) groups is 1. The quantitative estimate of drug-likeness (QED) is 0.762. The lowest BCUT2D eigenvalue weighted by Crippen LogP contribution is -2.15. The van der Waals surface area contributed by atoms with Gasteiger partial charge in [0.15, 0.2) is 0 Å². The van der Waals surface area contributed by atoms with Crippen LogP contribution in [0.1, 0.15) is 29.9 Å². The summed E-state index contributed by atoms with van der Waals surface area (Å²) in [5.41, 5.74) is 4.12. The number of amides is 1. The zero-order chi connectivity index (χ0) is 17.8. The number of carbonyl (C=O) groups excluding carboxylic acids is 1. The van der Waals surface area contributed by atoms with Crippen molar-refractivity contribution in [3.63, 3.8) is 0 Å². The molecule has 2 heterocycles. The van der Waals surface area contributed by atoms with Gasteiger partial charge in [0, 0.05) is 24.0 Å². The Labute approximate surface area is 147 Å². The van der Waals surface area contributed by atoms with Crippen LogP contribution in [0.5, 0.6) is 0 Å². The third kappa shape index (κ3) is 3.76. The van der Waals surface area contributed by atoms with Gasteiger partial charge in [-0.2, -0.15) is 5.10 Å². The number of hydrogen-bond donors (Lipinski definition) is 1. The van der Waals surface area contributed by atoms with Crippen LogP contribution in [0, 0.1) is 12.8 Å². The predicted octanol–water partition coefficient (Wildman–Crippen LogP) is 4.16. The summed E-state index contributed by atoms with van der Waals surface area (Å²) >= 11 is 0. The van der Waals surface area contributed by atoms with Gasteiger partial charge in [0.1, 0.15) is 0 Å². The van der Waals surface area contributed by atoms with Crippen molar-refractivity contribution in [2.24, 2.45) is 5.92 Å². The fourth-order valence-corrected chi connectivity index (χ4v) is 2.75. The lowest BCUT2D eigenvalue weighted by molar-refractivity contribution is 0.102. The number of benzene rings is 1. The molecule has 25 heavy (non-hydrogen) atoms. The fraction of sp³-hybridized carbons (Fsp3) is 0.250. The van der Waals surface area contributed by atoms with E-state index in [0.29, 0.717) is 17.2 Å². The maximum Gasteiger partial charge on any atom is 0.259 e. The average molecular weight is 334 g/mol. The second kappa shape index (κ2) is 7.30. The number of nitrogens with one attached hydrogen (secondary N) is 1. The van der Waals surface area contributed by atoms with Crippen LogP contribution in [0.25, 0.3) is 11.1 Å². The number of hydrogen-bond acceptors (Lipinski definition) is 3. The summed E-state index contributed by atoms with van der Waals surface area (Å²) in [5.74, 6) is 0.301. The molecular formula is C20H22N4O. The first-order valence-electron chi connectivity index (χ1n) is 8.39. The predicted molar refractivity (Wildman–Crippen MR) is 99.4 cm³/mol. The number of nitrogens with zero attached hydrogens (tertiary/aromatic N) is 3. The Kier molecular flexibility index (Phi) is 4.93. The first-order valence-corrected chi connectivity index (χ1v) is 8.39. The van der Waals surface area contributed by atoms with E-state index in [4.69, 9.17) is 0 Å². The Morgan fingerprint density at radius 1 is 1.16 bits per heavy atom. The Morgan fingerprint density at radius 2 is 1.92 bits per heavy atom. The number of rotatable bonds is 5. The third-order valence-corrected chi connectivity index (χ3v) is 4.04. The molecule has 0 radical (unpaired) electrons. The maximum atomic E-state index is 12.7. The van der Waals surface area contributed by atoms with Gasteiger partial charge < -0.3 is 5.32 Å². The molecule has 0 saturated heterocycles. The van der Waals surface area contributed by atoms with E-state index in [0.717, 1.165) is 23.4 Å². The maximum absolute atomic E-state index is 12.7. The molecule has 0 bridgehead atoms. The molecule has 3 aromatic rings. The van der Waals surface area contributed by atoms with Gasteiger partial charge in [-0.25, -0.2) is 0 Å². The monoisotopic (exact) mass is 334 g/mol. The van der Waals surface area contributed by atoms with Crippen molar-refractivity contribution in [1.82, 2.24) is 14.8 Å². The van der Waals surface area contributed by atoms with E-state index in [9.17, 15) is 4.79 Å². The van der Waals surface area contributed by atoms with E-state index in [1.807, 2.05) is 48.0 Å². The van der Waals surface area contributed by atoms with Crippen LogP contribution in [-0.2, 0) is 6.54 Å². The molecule has 1 N–H and O–H groups in total. The van der Waals surface area contributed by atoms with Crippen molar-refractivity contribution in [3.8, 4) is 11.1 Å². The topological polar surface area (TPSA) is 59.8 Å². The average Bonchev–Trinajstić information content (AvgIpc) is 2.96. The van der Waals surface area contributed by atoms with E-state index in [2.05, 4.69) is 29.2 Å². The fourth-order valence-electron chi connectivity index (χ4n) is 2.75. The number of anilines is 1. The summed E-state index contributed by atoms with van der Waals surface area (Å²) in [6, 6.07) is 11.8. The molecule has 0 aliphatic rings. The summed E-state index contributed by atoms with van der Waals surface area (Å²) < 4.78 is 1.88. The van der Waals surface area contributed by atoms with Gasteiger partial charge in [0.25, 0.3) is 5.91 Å². The minimum absolute atomic E-state index is 0.169. The molecule has 1 aromatic carbocycles. The Bertz CT molecular complexity index is 868. The molecule has 0 aliphatic heterocycles. The van der Waals surface area contributed by atoms with Gasteiger partial charge in [-0.1, -0.05) is 44.2 Å². The van der Waals surface area contributed by atoms with Crippen molar-refractivity contribution in [3.05, 3.63) is 66.2 Å². The van der Waals surface area contributed by atoms with Crippen molar-refractivity contribution < 1.29 is 4.79 Å². The van der Waals surface area contributed by atoms with Crippen LogP contribution >= 0.6 is 0 Å². The molecule has 1 amide bonds. The van der Waals surface area contributed by atoms with Crippen LogP contribution < -0.4 is 5.32 Å². The number of pyridine rings is 1. The standard InChI is InChI=1S/C20H22N4O/c1-14(2)13-24-15(3)18(11-22-24)20(25)23-19-12-21-10-9-17(19)16-7-5-4-6-8-16/h4-12,14H,13H2,1-3H3,(H,23,25). The Morgan fingerprint density at radius 3 is 2.64 bits per heavy atom. The van der Waals surface area contributed by atoms with Crippen LogP contribution in [0.3, 0.4) is 0 Å². The molecule has 2 aromatic heterocycles. The van der Waals surface area contributed by atoms with E-state index in [-0.39, 0.29) is 5.91 Å². The van der Waals surface area contributed by atoms with E-state index < -0.39 is 0 Å². The summed E-state index contributed by atoms with van der Waals surface area (Å²) in [6.45, 7) is 6.97. The molecule has 3 rings (SSSR count). The van der Waals surface area contributed by atoms with E-state index in [1.54, 1.807) is 18.6 Å². The zero-order valence-corrected chi connectivity index (χ0v) is 14.7. The lowest BCUT2D eigenvalue weighted by Gasteiger charge is -2.11. The van der Waals surface area contributed by atoms with Crippen molar-refractivity contribution in [2.75, 3.05) is 5.32 Å². The van der Waals surface area contributed by atoms with Gasteiger partial charge in [-0.3, -0.25) is 14.5 Å². The highest BCUT2D eigenvalue weighted by molar-refractivity contribution is 6.06. The highest BCUT2D eigenvalue weighted by Gasteiger charge is 2.16. The van der Waals surface area contributed by atoms with Crippen molar-refractivity contribution in [2.45, 2.75) is 27.3 Å². The first-order chi connectivity index (χ1) is 12.1.